The molecule has 222 valence electrons. The molecular formula is C28H40N2O8S2. The number of carbonyl (C=O) groups excluding carboxylic acids is 2. The van der Waals surface area contributed by atoms with Crippen molar-refractivity contribution in [2.45, 2.75) is 37.8 Å². The summed E-state index contributed by atoms with van der Waals surface area (Å²) < 4.78 is 10.5. The molecule has 0 spiro atoms. The van der Waals surface area contributed by atoms with Crippen molar-refractivity contribution in [3.8, 4) is 23.0 Å². The second-order valence-electron chi connectivity index (χ2n) is 9.11. The average Bonchev–Trinajstić information content (AvgIpc) is 2.94. The Morgan fingerprint density at radius 3 is 1.43 bits per heavy atom. The van der Waals surface area contributed by atoms with Crippen molar-refractivity contribution in [1.29, 1.82) is 0 Å². The molecule has 2 rings (SSSR count). The molecule has 0 radical (unpaired) electrons. The summed E-state index contributed by atoms with van der Waals surface area (Å²) in [6, 6.07) is 7.61. The lowest BCUT2D eigenvalue weighted by atomic mass is 10.1. The van der Waals surface area contributed by atoms with Crippen LogP contribution in [0.1, 0.15) is 48.9 Å². The Bertz CT molecular complexity index is 989. The molecule has 0 bridgehead atoms. The predicted molar refractivity (Wildman–Crippen MR) is 158 cm³/mol. The molecule has 0 aromatic heterocycles. The zero-order valence-corrected chi connectivity index (χ0v) is 24.6. The van der Waals surface area contributed by atoms with Gasteiger partial charge in [-0.2, -0.15) is 23.5 Å². The Balaban J connectivity index is 1.98. The van der Waals surface area contributed by atoms with Gasteiger partial charge in [0, 0.05) is 0 Å². The van der Waals surface area contributed by atoms with Crippen molar-refractivity contribution in [3.05, 3.63) is 47.5 Å². The number of hydrogen-bond acceptors (Lipinski definition) is 12. The van der Waals surface area contributed by atoms with Gasteiger partial charge in [0.1, 0.15) is 13.2 Å². The number of benzene rings is 2. The maximum Gasteiger partial charge on any atom is 0.417 e. The fraction of sp³-hybridized carbons (Fsp3) is 0.500. The van der Waals surface area contributed by atoms with Crippen LogP contribution in [0.2, 0.25) is 0 Å². The van der Waals surface area contributed by atoms with Gasteiger partial charge in [0.05, 0.1) is 12.1 Å². The Morgan fingerprint density at radius 2 is 1.07 bits per heavy atom. The molecule has 0 aliphatic carbocycles. The van der Waals surface area contributed by atoms with Crippen LogP contribution in [-0.4, -0.2) is 82.7 Å². The number of carbonyl (C=O) groups is 2. The van der Waals surface area contributed by atoms with Crippen molar-refractivity contribution >= 4 is 35.5 Å². The number of rotatable bonds is 18. The van der Waals surface area contributed by atoms with E-state index >= 15 is 0 Å². The molecule has 2 aromatic carbocycles. The van der Waals surface area contributed by atoms with Gasteiger partial charge in [-0.25, -0.2) is 9.59 Å². The Kier molecular flexibility index (Phi) is 15.5. The van der Waals surface area contributed by atoms with Crippen LogP contribution in [0.25, 0.3) is 0 Å². The van der Waals surface area contributed by atoms with Crippen LogP contribution in [0.5, 0.6) is 23.0 Å². The van der Waals surface area contributed by atoms with Gasteiger partial charge in [-0.1, -0.05) is 12.1 Å². The number of esters is 2. The molecule has 0 saturated heterocycles. The summed E-state index contributed by atoms with van der Waals surface area (Å²) in [6.45, 7) is 0.866. The first kappa shape index (κ1) is 33.4. The molecule has 0 amide bonds. The zero-order valence-electron chi connectivity index (χ0n) is 22.9. The van der Waals surface area contributed by atoms with E-state index in [-0.39, 0.29) is 36.2 Å². The molecule has 0 saturated carbocycles. The van der Waals surface area contributed by atoms with Gasteiger partial charge in [0.25, 0.3) is 0 Å². The first-order valence-corrected chi connectivity index (χ1v) is 15.9. The van der Waals surface area contributed by atoms with E-state index in [1.807, 2.05) is 12.5 Å². The summed E-state index contributed by atoms with van der Waals surface area (Å²) in [5.74, 6) is -1.42. The highest BCUT2D eigenvalue weighted by atomic mass is 32.2. The van der Waals surface area contributed by atoms with Crippen LogP contribution >= 0.6 is 23.5 Å². The van der Waals surface area contributed by atoms with Gasteiger partial charge in [0.15, 0.2) is 23.0 Å². The maximum atomic E-state index is 12.5. The zero-order chi connectivity index (χ0) is 29.3. The van der Waals surface area contributed by atoms with Gasteiger partial charge >= 0.3 is 11.9 Å². The van der Waals surface area contributed by atoms with Crippen LogP contribution in [0.4, 0.5) is 0 Å². The molecular weight excluding hydrogens is 556 g/mol. The molecule has 10 nitrogen and oxygen atoms in total. The predicted octanol–water partition coefficient (Wildman–Crippen LogP) is 3.84. The topological polar surface area (TPSA) is 158 Å². The summed E-state index contributed by atoms with van der Waals surface area (Å²) in [4.78, 5) is 25.0. The summed E-state index contributed by atoms with van der Waals surface area (Å²) >= 11 is 3.51. The van der Waals surface area contributed by atoms with Crippen LogP contribution < -0.4 is 10.6 Å². The molecule has 0 aliphatic heterocycles. The molecule has 0 aliphatic rings. The minimum absolute atomic E-state index is 0.191. The third-order valence-electron chi connectivity index (χ3n) is 6.06. The minimum atomic E-state index is -1.16. The molecule has 12 heteroatoms. The Hall–Kier alpha value is -2.80. The van der Waals surface area contributed by atoms with Crippen molar-refractivity contribution in [3.63, 3.8) is 0 Å². The molecule has 0 fully saturated rings. The first-order chi connectivity index (χ1) is 19.3. The number of aromatic hydroxyl groups is 4. The maximum absolute atomic E-state index is 12.5. The van der Waals surface area contributed by atoms with E-state index in [2.05, 4.69) is 10.6 Å². The third-order valence-corrected chi connectivity index (χ3v) is 7.46. The van der Waals surface area contributed by atoms with Crippen LogP contribution in [0, 0.1) is 0 Å². The molecule has 2 atom stereocenters. The van der Waals surface area contributed by atoms with Gasteiger partial charge in [-0.15, -0.1) is 0 Å². The number of hydrogen-bond donors (Lipinski definition) is 6. The van der Waals surface area contributed by atoms with Gasteiger partial charge in [-0.3, -0.25) is 0 Å². The van der Waals surface area contributed by atoms with Crippen molar-refractivity contribution in [1.82, 2.24) is 10.6 Å². The second kappa shape index (κ2) is 18.5. The third kappa shape index (κ3) is 11.7. The smallest absolute Gasteiger partial charge is 0.417 e. The summed E-state index contributed by atoms with van der Waals surface area (Å²) in [7, 11) is 0. The largest absolute Gasteiger partial charge is 0.504 e. The van der Waals surface area contributed by atoms with Crippen LogP contribution in [0.3, 0.4) is 0 Å². The van der Waals surface area contributed by atoms with Crippen LogP contribution in [-0.2, 0) is 19.1 Å². The van der Waals surface area contributed by atoms with Gasteiger partial charge < -0.3 is 40.5 Å². The number of ether oxygens (including phenoxy) is 2. The SMILES string of the molecule is CSCCCCN[C@@H](COC(=O)C(=O)OC[C@H](NCCCCSC)c1ccc(O)c(O)c1)c1ccc(O)c(O)c1. The number of nitrogens with one attached hydrogen (secondary N) is 2. The lowest BCUT2D eigenvalue weighted by Crippen LogP contribution is -2.32. The monoisotopic (exact) mass is 596 g/mol. The highest BCUT2D eigenvalue weighted by Gasteiger charge is 2.23. The average molecular weight is 597 g/mol. The molecule has 2 aromatic rings. The first-order valence-electron chi connectivity index (χ1n) is 13.1. The summed E-state index contributed by atoms with van der Waals surface area (Å²) in [5, 5.41) is 45.6. The number of thioether (sulfide) groups is 2. The molecule has 0 unspecified atom stereocenters. The molecule has 6 N–H and O–H groups in total. The minimum Gasteiger partial charge on any atom is -0.504 e. The quantitative estimate of drug-likeness (QED) is 0.0640. The standard InChI is InChI=1S/C28H40N2O8S2/c1-39-13-5-3-11-29-21(19-7-9-23(31)25(33)15-19)17-37-27(35)28(36)38-18-22(30-12-4-6-14-40-2)20-8-10-24(32)26(34)16-20/h7-10,15-16,21-22,29-34H,3-6,11-14,17-18H2,1-2H3/t21-,22-/m0/s1. The van der Waals surface area contributed by atoms with E-state index in [0.29, 0.717) is 24.2 Å². The lowest BCUT2D eigenvalue weighted by molar-refractivity contribution is -0.168. The number of unbranched alkanes of at least 4 members (excludes halogenated alkanes) is 2. The lowest BCUT2D eigenvalue weighted by Gasteiger charge is -2.21. The Morgan fingerprint density at radius 1 is 0.675 bits per heavy atom. The highest BCUT2D eigenvalue weighted by molar-refractivity contribution is 7.98. The van der Waals surface area contributed by atoms with E-state index in [4.69, 9.17) is 9.47 Å². The van der Waals surface area contributed by atoms with E-state index < -0.39 is 24.0 Å². The van der Waals surface area contributed by atoms with Gasteiger partial charge in [-0.05, 0) is 98.2 Å². The van der Waals surface area contributed by atoms with Gasteiger partial charge in [0.2, 0.25) is 0 Å². The normalized spacial score (nSPS) is 12.6. The van der Waals surface area contributed by atoms with Crippen molar-refractivity contribution in [2.75, 3.05) is 50.3 Å². The number of phenolic OH excluding ortho intramolecular Hbond substituents is 4. The Labute approximate surface area is 243 Å². The van der Waals surface area contributed by atoms with E-state index in [0.717, 1.165) is 37.2 Å². The second-order valence-corrected chi connectivity index (χ2v) is 11.1. The highest BCUT2D eigenvalue weighted by Crippen LogP contribution is 2.29. The fourth-order valence-corrected chi connectivity index (χ4v) is 4.78. The van der Waals surface area contributed by atoms with Crippen molar-refractivity contribution < 1.29 is 39.5 Å². The summed E-state index contributed by atoms with van der Waals surface area (Å²) in [5.41, 5.74) is 1.17. The van der Waals surface area contributed by atoms with Crippen LogP contribution in [0.15, 0.2) is 36.4 Å². The van der Waals surface area contributed by atoms with Crippen molar-refractivity contribution in [2.24, 2.45) is 0 Å². The van der Waals surface area contributed by atoms with E-state index in [1.54, 1.807) is 35.7 Å². The number of phenols is 4. The van der Waals surface area contributed by atoms with E-state index in [9.17, 15) is 30.0 Å². The molecule has 40 heavy (non-hydrogen) atoms. The molecule has 0 heterocycles. The summed E-state index contributed by atoms with van der Waals surface area (Å²) in [6.07, 6.45) is 7.84. The van der Waals surface area contributed by atoms with E-state index in [1.165, 1.54) is 24.3 Å². The fourth-order valence-electron chi connectivity index (χ4n) is 3.79.